The lowest BCUT2D eigenvalue weighted by Gasteiger charge is -2.42. The van der Waals surface area contributed by atoms with Crippen molar-refractivity contribution in [3.8, 4) is 0 Å². The van der Waals surface area contributed by atoms with Gasteiger partial charge in [0.05, 0.1) is 26.4 Å². The zero-order valence-corrected chi connectivity index (χ0v) is 20.6. The highest BCUT2D eigenvalue weighted by Crippen LogP contribution is 2.47. The number of hydrogen-bond acceptors (Lipinski definition) is 5. The van der Waals surface area contributed by atoms with Crippen LogP contribution in [0.25, 0.3) is 0 Å². The molecule has 192 valence electrons. The summed E-state index contributed by atoms with van der Waals surface area (Å²) in [6, 6.07) is 14.8. The van der Waals surface area contributed by atoms with Crippen LogP contribution in [0.1, 0.15) is 48.8 Å². The van der Waals surface area contributed by atoms with Crippen molar-refractivity contribution in [1.29, 1.82) is 0 Å². The smallest absolute Gasteiger partial charge is 0.223 e. The number of carbonyl (C=O) groups excluding carboxylic acids is 1. The molecule has 0 N–H and O–H groups in total. The third kappa shape index (κ3) is 4.16. The van der Waals surface area contributed by atoms with Crippen molar-refractivity contribution in [3.05, 3.63) is 71.0 Å². The highest BCUT2D eigenvalue weighted by atomic mass is 19.1. The molecule has 0 aromatic heterocycles. The molecule has 1 aliphatic carbocycles. The number of nitrogens with zero attached hydrogens (tertiary/aromatic N) is 1. The van der Waals surface area contributed by atoms with Crippen LogP contribution in [0.3, 0.4) is 0 Å². The molecule has 6 rings (SSSR count). The third-order valence-electron chi connectivity index (χ3n) is 8.41. The van der Waals surface area contributed by atoms with Crippen LogP contribution in [-0.4, -0.2) is 50.3 Å². The van der Waals surface area contributed by atoms with Gasteiger partial charge in [-0.25, -0.2) is 4.39 Å². The molecule has 1 atom stereocenters. The van der Waals surface area contributed by atoms with E-state index < -0.39 is 11.6 Å². The van der Waals surface area contributed by atoms with E-state index in [-0.39, 0.29) is 23.6 Å². The molecule has 1 spiro atoms. The molecule has 3 heterocycles. The molecule has 2 aromatic rings. The molecule has 1 amide bonds. The van der Waals surface area contributed by atoms with Crippen LogP contribution in [0.15, 0.2) is 48.5 Å². The van der Waals surface area contributed by atoms with Gasteiger partial charge in [-0.15, -0.1) is 0 Å². The number of amides is 1. The van der Waals surface area contributed by atoms with Gasteiger partial charge in [0.1, 0.15) is 5.82 Å². The van der Waals surface area contributed by atoms with E-state index in [1.54, 1.807) is 12.1 Å². The van der Waals surface area contributed by atoms with Crippen molar-refractivity contribution >= 4 is 5.91 Å². The number of piperidine rings is 1. The van der Waals surface area contributed by atoms with E-state index in [0.29, 0.717) is 45.9 Å². The Morgan fingerprint density at radius 2 is 1.50 bits per heavy atom. The van der Waals surface area contributed by atoms with Crippen molar-refractivity contribution in [3.63, 3.8) is 0 Å². The predicted molar refractivity (Wildman–Crippen MR) is 130 cm³/mol. The second-order valence-electron chi connectivity index (χ2n) is 10.3. The zero-order chi connectivity index (χ0) is 24.6. The minimum Gasteiger partial charge on any atom is -0.343 e. The summed E-state index contributed by atoms with van der Waals surface area (Å²) in [7, 11) is 0. The van der Waals surface area contributed by atoms with E-state index in [1.165, 1.54) is 17.7 Å². The summed E-state index contributed by atoms with van der Waals surface area (Å²) in [6.07, 6.45) is 4.84. The Balaban J connectivity index is 1.15. The molecule has 3 aliphatic heterocycles. The molecule has 0 saturated carbocycles. The summed E-state index contributed by atoms with van der Waals surface area (Å²) in [6.45, 7) is 3.43. The van der Waals surface area contributed by atoms with Crippen LogP contribution in [-0.2, 0) is 41.7 Å². The maximum absolute atomic E-state index is 13.6. The lowest BCUT2D eigenvalue weighted by atomic mass is 9.83. The van der Waals surface area contributed by atoms with E-state index in [9.17, 15) is 9.18 Å². The average molecular weight is 496 g/mol. The first-order valence-electron chi connectivity index (χ1n) is 13.3. The molecule has 3 saturated heterocycles. The number of carbonyl (C=O) groups is 1. The normalized spacial score (nSPS) is 25.6. The number of benzene rings is 2. The Hall–Kier alpha value is -2.32. The summed E-state index contributed by atoms with van der Waals surface area (Å²) in [5.74, 6) is -1.71. The first-order valence-corrected chi connectivity index (χ1v) is 13.3. The second kappa shape index (κ2) is 9.86. The maximum atomic E-state index is 13.6. The Kier molecular flexibility index (Phi) is 6.58. The second-order valence-corrected chi connectivity index (χ2v) is 10.3. The third-order valence-corrected chi connectivity index (χ3v) is 8.41. The summed E-state index contributed by atoms with van der Waals surface area (Å²) in [5, 5.41) is 0. The van der Waals surface area contributed by atoms with Gasteiger partial charge < -0.3 is 23.8 Å². The highest BCUT2D eigenvalue weighted by Gasteiger charge is 2.50. The van der Waals surface area contributed by atoms with Gasteiger partial charge in [-0.05, 0) is 49.8 Å². The number of fused-ring (bicyclic) bond motifs is 2. The Morgan fingerprint density at radius 3 is 2.19 bits per heavy atom. The number of aryl methyl sites for hydroxylation is 1. The Labute approximate surface area is 211 Å². The molecule has 0 radical (unpaired) electrons. The summed E-state index contributed by atoms with van der Waals surface area (Å²) in [5.41, 5.74) is 3.20. The topological polar surface area (TPSA) is 57.2 Å². The van der Waals surface area contributed by atoms with E-state index in [1.807, 2.05) is 11.0 Å². The largest absolute Gasteiger partial charge is 0.343 e. The van der Waals surface area contributed by atoms with Gasteiger partial charge in [0, 0.05) is 42.5 Å². The lowest BCUT2D eigenvalue weighted by molar-refractivity contribution is -0.216. The number of likely N-dealkylation sites (tertiary alicyclic amines) is 1. The van der Waals surface area contributed by atoms with Gasteiger partial charge >= 0.3 is 0 Å². The minimum absolute atomic E-state index is 0.0130. The SMILES string of the molecule is O=C(CC1CCCc2ccccc2C12OCCO2)N1CCC(C2(c3ccc(F)cc3)OCCO2)CC1. The molecule has 0 bridgehead atoms. The van der Waals surface area contributed by atoms with Crippen LogP contribution in [0.2, 0.25) is 0 Å². The number of halogens is 1. The van der Waals surface area contributed by atoms with Gasteiger partial charge in [-0.2, -0.15) is 0 Å². The quantitative estimate of drug-likeness (QED) is 0.625. The first kappa shape index (κ1) is 24.0. The molecule has 6 nitrogen and oxygen atoms in total. The Morgan fingerprint density at radius 1 is 0.861 bits per heavy atom. The fourth-order valence-electron chi connectivity index (χ4n) is 6.68. The molecule has 2 aromatic carbocycles. The van der Waals surface area contributed by atoms with Crippen LogP contribution in [0.5, 0.6) is 0 Å². The van der Waals surface area contributed by atoms with Crippen LogP contribution in [0.4, 0.5) is 4.39 Å². The van der Waals surface area contributed by atoms with Gasteiger partial charge in [0.25, 0.3) is 0 Å². The van der Waals surface area contributed by atoms with Crippen molar-refractivity contribution in [2.75, 3.05) is 39.5 Å². The summed E-state index contributed by atoms with van der Waals surface area (Å²) in [4.78, 5) is 15.5. The van der Waals surface area contributed by atoms with Crippen molar-refractivity contribution in [2.45, 2.75) is 50.1 Å². The fourth-order valence-corrected chi connectivity index (χ4v) is 6.68. The maximum Gasteiger partial charge on any atom is 0.223 e. The monoisotopic (exact) mass is 495 g/mol. The van der Waals surface area contributed by atoms with Crippen molar-refractivity contribution in [2.24, 2.45) is 11.8 Å². The van der Waals surface area contributed by atoms with Gasteiger partial charge in [-0.1, -0.05) is 36.4 Å². The predicted octanol–water partition coefficient (Wildman–Crippen LogP) is 4.51. The van der Waals surface area contributed by atoms with Crippen LogP contribution in [0, 0.1) is 17.7 Å². The van der Waals surface area contributed by atoms with E-state index >= 15 is 0 Å². The number of ether oxygens (including phenoxy) is 4. The van der Waals surface area contributed by atoms with Gasteiger partial charge in [0.15, 0.2) is 11.6 Å². The molecule has 36 heavy (non-hydrogen) atoms. The molecule has 3 fully saturated rings. The van der Waals surface area contributed by atoms with Gasteiger partial charge in [-0.3, -0.25) is 4.79 Å². The zero-order valence-electron chi connectivity index (χ0n) is 20.6. The molecule has 7 heteroatoms. The standard InChI is InChI=1S/C29H34FNO5/c30-25-10-8-22(9-11-25)28(33-16-17-34-28)23-12-14-31(15-13-23)27(32)20-24-6-3-5-21-4-1-2-7-26(21)29(24)35-18-19-36-29/h1-2,4,7-11,23-24H,3,5-6,12-20H2. The van der Waals surface area contributed by atoms with E-state index in [2.05, 4.69) is 18.2 Å². The lowest BCUT2D eigenvalue weighted by Crippen LogP contribution is -2.47. The Bertz CT molecular complexity index is 1070. The molecular weight excluding hydrogens is 461 g/mol. The molecule has 4 aliphatic rings. The van der Waals surface area contributed by atoms with Crippen LogP contribution < -0.4 is 0 Å². The van der Waals surface area contributed by atoms with E-state index in [4.69, 9.17) is 18.9 Å². The van der Waals surface area contributed by atoms with Crippen molar-refractivity contribution in [1.82, 2.24) is 4.90 Å². The average Bonchev–Trinajstić information content (AvgIpc) is 3.58. The fraction of sp³-hybridized carbons (Fsp3) is 0.552. The molecule has 1 unspecified atom stereocenters. The number of hydrogen-bond donors (Lipinski definition) is 0. The first-order chi connectivity index (χ1) is 17.6. The number of rotatable bonds is 4. The highest BCUT2D eigenvalue weighted by molar-refractivity contribution is 5.76. The summed E-state index contributed by atoms with van der Waals surface area (Å²) < 4.78 is 38.4. The minimum atomic E-state index is -0.858. The summed E-state index contributed by atoms with van der Waals surface area (Å²) >= 11 is 0. The molecular formula is C29H34FNO5. The van der Waals surface area contributed by atoms with Gasteiger partial charge in [0.2, 0.25) is 5.91 Å². The van der Waals surface area contributed by atoms with Crippen molar-refractivity contribution < 1.29 is 28.1 Å². The van der Waals surface area contributed by atoms with E-state index in [0.717, 1.165) is 43.2 Å². The van der Waals surface area contributed by atoms with Crippen LogP contribution >= 0.6 is 0 Å².